The highest BCUT2D eigenvalue weighted by Gasteiger charge is 1.91. The molecule has 0 aliphatic rings. The zero-order valence-electron chi connectivity index (χ0n) is 9.70. The van der Waals surface area contributed by atoms with Crippen molar-refractivity contribution in [3.05, 3.63) is 36.3 Å². The normalized spacial score (nSPS) is 9.53. The van der Waals surface area contributed by atoms with Crippen molar-refractivity contribution in [2.24, 2.45) is 0 Å². The van der Waals surface area contributed by atoms with Crippen LogP contribution in [-0.2, 0) is 0 Å². The lowest BCUT2D eigenvalue weighted by molar-refractivity contribution is 0.886. The first-order valence-electron chi connectivity index (χ1n) is 5.45. The molecule has 0 N–H and O–H groups in total. The maximum Gasteiger partial charge on any atom is 0.0735 e. The minimum absolute atomic E-state index is 1.01. The van der Waals surface area contributed by atoms with Gasteiger partial charge in [-0.15, -0.1) is 0 Å². The van der Waals surface area contributed by atoms with E-state index in [9.17, 15) is 0 Å². The second kappa shape index (κ2) is 6.12. The molecule has 0 saturated carbocycles. The number of fused-ring (bicyclic) bond motifs is 1. The Hall–Kier alpha value is -1.44. The molecule has 0 atom stereocenters. The van der Waals surface area contributed by atoms with E-state index in [-0.39, 0.29) is 0 Å². The van der Waals surface area contributed by atoms with Gasteiger partial charge in [-0.05, 0) is 25.1 Å². The Labute approximate surface area is 91.4 Å². The van der Waals surface area contributed by atoms with Crippen LogP contribution in [-0.4, -0.2) is 9.97 Å². The number of nitrogens with zero attached hydrogens (tertiary/aromatic N) is 2. The van der Waals surface area contributed by atoms with Crippen molar-refractivity contribution < 1.29 is 0 Å². The molecule has 0 saturated heterocycles. The van der Waals surface area contributed by atoms with Crippen LogP contribution in [0.25, 0.3) is 10.9 Å². The molecule has 15 heavy (non-hydrogen) atoms. The average molecular weight is 202 g/mol. The molecular weight excluding hydrogens is 184 g/mol. The van der Waals surface area contributed by atoms with Gasteiger partial charge in [0.15, 0.2) is 0 Å². The molecule has 0 spiro atoms. The fourth-order valence-corrected chi connectivity index (χ4v) is 1.07. The summed E-state index contributed by atoms with van der Waals surface area (Å²) in [6.07, 6.45) is 6.22. The summed E-state index contributed by atoms with van der Waals surface area (Å²) in [6.45, 7) is 6.35. The zero-order chi connectivity index (χ0) is 11.1. The van der Waals surface area contributed by atoms with Crippen LogP contribution in [0.2, 0.25) is 0 Å². The van der Waals surface area contributed by atoms with Crippen LogP contribution in [0.1, 0.15) is 32.4 Å². The maximum atomic E-state index is 4.34. The molecule has 0 aliphatic heterocycles. The van der Waals surface area contributed by atoms with Crippen molar-refractivity contribution in [3.63, 3.8) is 0 Å². The molecule has 0 radical (unpaired) electrons. The van der Waals surface area contributed by atoms with Crippen LogP contribution in [0.3, 0.4) is 0 Å². The second-order valence-electron chi connectivity index (χ2n) is 3.52. The standard InChI is InChI=1S/C9H8N2.C4H10/c1-7-2-3-8-6-10-5-4-9(8)11-7;1-3-4-2/h2-6H,1H3;3-4H2,1-2H3. The lowest BCUT2D eigenvalue weighted by Gasteiger charge is -1.95. The molecule has 2 heterocycles. The largest absolute Gasteiger partial charge is 0.264 e. The summed E-state index contributed by atoms with van der Waals surface area (Å²) in [5.74, 6) is 0. The molecule has 0 unspecified atom stereocenters. The zero-order valence-corrected chi connectivity index (χ0v) is 9.70. The van der Waals surface area contributed by atoms with E-state index in [1.807, 2.05) is 31.3 Å². The van der Waals surface area contributed by atoms with Gasteiger partial charge in [0.2, 0.25) is 0 Å². The highest BCUT2D eigenvalue weighted by atomic mass is 14.7. The van der Waals surface area contributed by atoms with Gasteiger partial charge in [0.05, 0.1) is 5.52 Å². The molecule has 0 bridgehead atoms. The van der Waals surface area contributed by atoms with E-state index < -0.39 is 0 Å². The van der Waals surface area contributed by atoms with E-state index >= 15 is 0 Å². The lowest BCUT2D eigenvalue weighted by Crippen LogP contribution is -1.82. The van der Waals surface area contributed by atoms with E-state index in [2.05, 4.69) is 23.8 Å². The number of rotatable bonds is 1. The van der Waals surface area contributed by atoms with Crippen molar-refractivity contribution >= 4 is 10.9 Å². The summed E-state index contributed by atoms with van der Waals surface area (Å²) < 4.78 is 0. The van der Waals surface area contributed by atoms with Gasteiger partial charge in [-0.1, -0.05) is 26.7 Å². The Morgan fingerprint density at radius 2 is 1.80 bits per heavy atom. The number of unbranched alkanes of at least 4 members (excludes halogenated alkanes) is 1. The maximum absolute atomic E-state index is 4.34. The summed E-state index contributed by atoms with van der Waals surface area (Å²) in [5.41, 5.74) is 2.06. The molecule has 80 valence electrons. The summed E-state index contributed by atoms with van der Waals surface area (Å²) in [7, 11) is 0. The topological polar surface area (TPSA) is 25.8 Å². The highest BCUT2D eigenvalue weighted by molar-refractivity contribution is 5.77. The quantitative estimate of drug-likeness (QED) is 0.704. The van der Waals surface area contributed by atoms with Gasteiger partial charge >= 0.3 is 0 Å². The molecular formula is C13H18N2. The van der Waals surface area contributed by atoms with Crippen LogP contribution >= 0.6 is 0 Å². The third kappa shape index (κ3) is 3.66. The third-order valence-electron chi connectivity index (χ3n) is 2.13. The summed E-state index contributed by atoms with van der Waals surface area (Å²) in [4.78, 5) is 8.34. The Bertz CT molecular complexity index is 408. The SMILES string of the molecule is CCCC.Cc1ccc2cnccc2n1. The molecule has 2 aromatic rings. The summed E-state index contributed by atoms with van der Waals surface area (Å²) in [5, 5.41) is 1.10. The predicted octanol–water partition coefficient (Wildman–Crippen LogP) is 3.74. The van der Waals surface area contributed by atoms with Crippen LogP contribution in [0, 0.1) is 6.92 Å². The van der Waals surface area contributed by atoms with Gasteiger partial charge in [0, 0.05) is 23.5 Å². The summed E-state index contributed by atoms with van der Waals surface area (Å²) in [6, 6.07) is 5.94. The predicted molar refractivity (Wildman–Crippen MR) is 64.9 cm³/mol. The number of aromatic nitrogens is 2. The number of hydrogen-bond acceptors (Lipinski definition) is 2. The molecule has 0 fully saturated rings. The molecule has 2 nitrogen and oxygen atoms in total. The smallest absolute Gasteiger partial charge is 0.0735 e. The van der Waals surface area contributed by atoms with Crippen LogP contribution in [0.5, 0.6) is 0 Å². The molecule has 0 amide bonds. The lowest BCUT2D eigenvalue weighted by atomic mass is 10.2. The molecule has 2 rings (SSSR count). The number of pyridine rings is 2. The first-order valence-corrected chi connectivity index (χ1v) is 5.45. The van der Waals surface area contributed by atoms with E-state index in [0.29, 0.717) is 0 Å². The van der Waals surface area contributed by atoms with Gasteiger partial charge in [-0.3, -0.25) is 9.97 Å². The molecule has 2 aromatic heterocycles. The van der Waals surface area contributed by atoms with Crippen molar-refractivity contribution in [2.75, 3.05) is 0 Å². The van der Waals surface area contributed by atoms with Crippen LogP contribution in [0.4, 0.5) is 0 Å². The number of hydrogen-bond donors (Lipinski definition) is 0. The summed E-state index contributed by atoms with van der Waals surface area (Å²) >= 11 is 0. The fourth-order valence-electron chi connectivity index (χ4n) is 1.07. The van der Waals surface area contributed by atoms with Crippen LogP contribution in [0.15, 0.2) is 30.6 Å². The Balaban J connectivity index is 0.000000245. The Kier molecular flexibility index (Phi) is 4.75. The second-order valence-corrected chi connectivity index (χ2v) is 3.52. The minimum atomic E-state index is 1.01. The van der Waals surface area contributed by atoms with Crippen molar-refractivity contribution in [2.45, 2.75) is 33.6 Å². The Morgan fingerprint density at radius 1 is 1.07 bits per heavy atom. The molecule has 0 aromatic carbocycles. The van der Waals surface area contributed by atoms with E-state index in [4.69, 9.17) is 0 Å². The van der Waals surface area contributed by atoms with Gasteiger partial charge in [-0.25, -0.2) is 0 Å². The van der Waals surface area contributed by atoms with Crippen LogP contribution < -0.4 is 0 Å². The van der Waals surface area contributed by atoms with Gasteiger partial charge in [-0.2, -0.15) is 0 Å². The van der Waals surface area contributed by atoms with Crippen molar-refractivity contribution in [3.8, 4) is 0 Å². The molecule has 2 heteroatoms. The highest BCUT2D eigenvalue weighted by Crippen LogP contribution is 2.08. The monoisotopic (exact) mass is 202 g/mol. The van der Waals surface area contributed by atoms with E-state index in [1.54, 1.807) is 6.20 Å². The van der Waals surface area contributed by atoms with Gasteiger partial charge < -0.3 is 0 Å². The fraction of sp³-hybridized carbons (Fsp3) is 0.385. The number of aryl methyl sites for hydroxylation is 1. The Morgan fingerprint density at radius 3 is 2.47 bits per heavy atom. The third-order valence-corrected chi connectivity index (χ3v) is 2.13. The minimum Gasteiger partial charge on any atom is -0.264 e. The van der Waals surface area contributed by atoms with Gasteiger partial charge in [0.25, 0.3) is 0 Å². The molecule has 0 aliphatic carbocycles. The van der Waals surface area contributed by atoms with E-state index in [0.717, 1.165) is 16.6 Å². The first kappa shape index (κ1) is 11.6. The average Bonchev–Trinajstić information content (AvgIpc) is 2.29. The van der Waals surface area contributed by atoms with E-state index in [1.165, 1.54) is 12.8 Å². The van der Waals surface area contributed by atoms with Crippen molar-refractivity contribution in [1.29, 1.82) is 0 Å². The first-order chi connectivity index (χ1) is 7.27. The van der Waals surface area contributed by atoms with Crippen molar-refractivity contribution in [1.82, 2.24) is 9.97 Å². The van der Waals surface area contributed by atoms with Gasteiger partial charge in [0.1, 0.15) is 0 Å².